The molecule has 0 aromatic carbocycles. The number of nitrogens with zero attached hydrogens (tertiary/aromatic N) is 2. The second kappa shape index (κ2) is 7.92. The van der Waals surface area contributed by atoms with Gasteiger partial charge in [-0.3, -0.25) is 4.68 Å². The number of aromatic nitrogens is 2. The highest BCUT2D eigenvalue weighted by atomic mass is 79.9. The smallest absolute Gasteiger partial charge is 0.0767 e. The maximum Gasteiger partial charge on any atom is 0.0767 e. The van der Waals surface area contributed by atoms with E-state index in [1.54, 1.807) is 7.11 Å². The third-order valence-electron chi connectivity index (χ3n) is 3.07. The lowest BCUT2D eigenvalue weighted by Gasteiger charge is -2.17. The van der Waals surface area contributed by atoms with Crippen LogP contribution in [0.15, 0.2) is 4.47 Å². The van der Waals surface area contributed by atoms with Crippen LogP contribution in [0, 0.1) is 0 Å². The molecule has 0 fully saturated rings. The number of aryl methyl sites for hydroxylation is 2. The first-order chi connectivity index (χ1) is 8.63. The minimum atomic E-state index is 0.409. The molecule has 0 aliphatic rings. The molecule has 4 nitrogen and oxygen atoms in total. The van der Waals surface area contributed by atoms with Gasteiger partial charge >= 0.3 is 0 Å². The van der Waals surface area contributed by atoms with Gasteiger partial charge in [-0.25, -0.2) is 0 Å². The van der Waals surface area contributed by atoms with Crippen molar-refractivity contribution in [1.82, 2.24) is 15.1 Å². The maximum absolute atomic E-state index is 5.24. The van der Waals surface area contributed by atoms with Crippen molar-refractivity contribution < 1.29 is 4.74 Å². The minimum Gasteiger partial charge on any atom is -0.383 e. The summed E-state index contributed by atoms with van der Waals surface area (Å²) in [5.74, 6) is 0. The molecule has 1 atom stereocenters. The second-order valence-electron chi connectivity index (χ2n) is 4.51. The van der Waals surface area contributed by atoms with Crippen molar-refractivity contribution in [2.24, 2.45) is 7.05 Å². The zero-order chi connectivity index (χ0) is 13.5. The lowest BCUT2D eigenvalue weighted by molar-refractivity contribution is 0.161. The SMILES string of the molecule is CCCC(COC)NCc1c(Br)c(CC)nn1C. The van der Waals surface area contributed by atoms with Crippen molar-refractivity contribution in [3.8, 4) is 0 Å². The molecule has 0 amide bonds. The molecular formula is C13H24BrN3O. The van der Waals surface area contributed by atoms with Crippen molar-refractivity contribution in [3.05, 3.63) is 15.9 Å². The monoisotopic (exact) mass is 317 g/mol. The molecule has 1 aromatic heterocycles. The summed E-state index contributed by atoms with van der Waals surface area (Å²) in [4.78, 5) is 0. The van der Waals surface area contributed by atoms with Gasteiger partial charge in [0.25, 0.3) is 0 Å². The highest BCUT2D eigenvalue weighted by molar-refractivity contribution is 9.10. The molecule has 1 rings (SSSR count). The summed E-state index contributed by atoms with van der Waals surface area (Å²) in [5.41, 5.74) is 2.32. The predicted molar refractivity (Wildman–Crippen MR) is 77.7 cm³/mol. The topological polar surface area (TPSA) is 39.1 Å². The fourth-order valence-electron chi connectivity index (χ4n) is 2.05. The fraction of sp³-hybridized carbons (Fsp3) is 0.769. The molecule has 5 heteroatoms. The van der Waals surface area contributed by atoms with E-state index in [1.165, 1.54) is 5.69 Å². The van der Waals surface area contributed by atoms with E-state index in [1.807, 2.05) is 11.7 Å². The van der Waals surface area contributed by atoms with E-state index in [9.17, 15) is 0 Å². The molecule has 1 unspecified atom stereocenters. The van der Waals surface area contributed by atoms with Gasteiger partial charge < -0.3 is 10.1 Å². The average Bonchev–Trinajstić information content (AvgIpc) is 2.62. The lowest BCUT2D eigenvalue weighted by Crippen LogP contribution is -2.33. The summed E-state index contributed by atoms with van der Waals surface area (Å²) >= 11 is 3.64. The van der Waals surface area contributed by atoms with E-state index in [-0.39, 0.29) is 0 Å². The summed E-state index contributed by atoms with van der Waals surface area (Å²) in [6.07, 6.45) is 3.24. The number of halogens is 1. The van der Waals surface area contributed by atoms with E-state index in [2.05, 4.69) is 40.2 Å². The Morgan fingerprint density at radius 1 is 1.44 bits per heavy atom. The highest BCUT2D eigenvalue weighted by Gasteiger charge is 2.14. The van der Waals surface area contributed by atoms with Crippen LogP contribution >= 0.6 is 15.9 Å². The Labute approximate surface area is 118 Å². The van der Waals surface area contributed by atoms with Crippen LogP contribution in [0.5, 0.6) is 0 Å². The Bertz CT molecular complexity index is 359. The van der Waals surface area contributed by atoms with Crippen molar-refractivity contribution >= 4 is 15.9 Å². The van der Waals surface area contributed by atoms with E-state index < -0.39 is 0 Å². The summed E-state index contributed by atoms with van der Waals surface area (Å²) in [6, 6.07) is 0.409. The van der Waals surface area contributed by atoms with Crippen LogP contribution in [0.25, 0.3) is 0 Å². The molecule has 1 heterocycles. The molecule has 0 saturated carbocycles. The Balaban J connectivity index is 2.63. The second-order valence-corrected chi connectivity index (χ2v) is 5.30. The Morgan fingerprint density at radius 2 is 2.17 bits per heavy atom. The molecule has 1 aromatic rings. The van der Waals surface area contributed by atoms with Gasteiger partial charge in [0, 0.05) is 26.7 Å². The number of rotatable bonds is 8. The van der Waals surface area contributed by atoms with Gasteiger partial charge in [0.15, 0.2) is 0 Å². The van der Waals surface area contributed by atoms with Gasteiger partial charge in [0.1, 0.15) is 0 Å². The molecule has 0 spiro atoms. The lowest BCUT2D eigenvalue weighted by atomic mass is 10.2. The summed E-state index contributed by atoms with van der Waals surface area (Å²) < 4.78 is 8.32. The average molecular weight is 318 g/mol. The van der Waals surface area contributed by atoms with Gasteiger partial charge in [0.05, 0.1) is 22.5 Å². The van der Waals surface area contributed by atoms with Crippen LogP contribution < -0.4 is 5.32 Å². The van der Waals surface area contributed by atoms with Crippen LogP contribution in [-0.4, -0.2) is 29.5 Å². The van der Waals surface area contributed by atoms with Crippen LogP contribution in [0.3, 0.4) is 0 Å². The maximum atomic E-state index is 5.24. The summed E-state index contributed by atoms with van der Waals surface area (Å²) in [6.45, 7) is 5.89. The zero-order valence-corrected chi connectivity index (χ0v) is 13.4. The molecule has 0 radical (unpaired) electrons. The molecule has 0 aliphatic heterocycles. The molecule has 18 heavy (non-hydrogen) atoms. The number of hydrogen-bond donors (Lipinski definition) is 1. The highest BCUT2D eigenvalue weighted by Crippen LogP contribution is 2.21. The van der Waals surface area contributed by atoms with Crippen molar-refractivity contribution in [2.75, 3.05) is 13.7 Å². The quantitative estimate of drug-likeness (QED) is 0.801. The molecule has 0 saturated heterocycles. The van der Waals surface area contributed by atoms with E-state index >= 15 is 0 Å². The van der Waals surface area contributed by atoms with Crippen LogP contribution in [0.2, 0.25) is 0 Å². The largest absolute Gasteiger partial charge is 0.383 e. The number of ether oxygens (including phenoxy) is 1. The zero-order valence-electron chi connectivity index (χ0n) is 11.8. The number of methoxy groups -OCH3 is 1. The molecular weight excluding hydrogens is 294 g/mol. The van der Waals surface area contributed by atoms with Crippen LogP contribution in [0.4, 0.5) is 0 Å². The fourth-order valence-corrected chi connectivity index (χ4v) is 2.80. The predicted octanol–water partition coefficient (Wildman–Crippen LogP) is 2.65. The van der Waals surface area contributed by atoms with Gasteiger partial charge in [-0.2, -0.15) is 5.10 Å². The number of nitrogens with one attached hydrogen (secondary N) is 1. The van der Waals surface area contributed by atoms with Gasteiger partial charge in [0.2, 0.25) is 0 Å². The van der Waals surface area contributed by atoms with Gasteiger partial charge in [-0.15, -0.1) is 0 Å². The molecule has 0 aliphatic carbocycles. The van der Waals surface area contributed by atoms with E-state index in [0.717, 1.165) is 42.6 Å². The van der Waals surface area contributed by atoms with Crippen molar-refractivity contribution in [3.63, 3.8) is 0 Å². The molecule has 1 N–H and O–H groups in total. The van der Waals surface area contributed by atoms with E-state index in [4.69, 9.17) is 4.74 Å². The summed E-state index contributed by atoms with van der Waals surface area (Å²) in [5, 5.41) is 8.04. The normalized spacial score (nSPS) is 12.9. The standard InChI is InChI=1S/C13H24BrN3O/c1-5-7-10(9-18-4)15-8-12-13(14)11(6-2)16-17(12)3/h10,15H,5-9H2,1-4H3. The molecule has 0 bridgehead atoms. The van der Waals surface area contributed by atoms with Crippen molar-refractivity contribution in [2.45, 2.75) is 45.7 Å². The van der Waals surface area contributed by atoms with Crippen LogP contribution in [-0.2, 0) is 24.8 Å². The Morgan fingerprint density at radius 3 is 2.67 bits per heavy atom. The first-order valence-electron chi connectivity index (χ1n) is 6.56. The first kappa shape index (κ1) is 15.7. The third-order valence-corrected chi connectivity index (χ3v) is 3.98. The number of hydrogen-bond acceptors (Lipinski definition) is 3. The Kier molecular flexibility index (Phi) is 6.89. The first-order valence-corrected chi connectivity index (χ1v) is 7.35. The minimum absolute atomic E-state index is 0.409. The van der Waals surface area contributed by atoms with Crippen LogP contribution in [0.1, 0.15) is 38.1 Å². The molecule has 104 valence electrons. The van der Waals surface area contributed by atoms with Gasteiger partial charge in [-0.1, -0.05) is 20.3 Å². The third kappa shape index (κ3) is 4.07. The van der Waals surface area contributed by atoms with Crippen molar-refractivity contribution in [1.29, 1.82) is 0 Å². The Hall–Kier alpha value is -0.390. The van der Waals surface area contributed by atoms with Gasteiger partial charge in [-0.05, 0) is 28.8 Å². The summed E-state index contributed by atoms with van der Waals surface area (Å²) in [7, 11) is 3.74. The van der Waals surface area contributed by atoms with E-state index in [0.29, 0.717) is 6.04 Å².